The highest BCUT2D eigenvalue weighted by molar-refractivity contribution is 5.82. The number of nitrogens with zero attached hydrogens (tertiary/aromatic N) is 1. The molecular formula is C13H15NO. The fraction of sp³-hybridized carbons (Fsp3) is 0.308. The van der Waals surface area contributed by atoms with Crippen molar-refractivity contribution in [2.45, 2.75) is 26.4 Å². The van der Waals surface area contributed by atoms with Gasteiger partial charge in [0.15, 0.2) is 0 Å². The van der Waals surface area contributed by atoms with Crippen LogP contribution in [0.4, 0.5) is 0 Å². The zero-order valence-electron chi connectivity index (χ0n) is 9.32. The Balaban J connectivity index is 2.39. The topological polar surface area (TPSA) is 22.1 Å². The molecule has 0 fully saturated rings. The van der Waals surface area contributed by atoms with Gasteiger partial charge in [-0.25, -0.2) is 0 Å². The minimum absolute atomic E-state index is 0.157. The largest absolute Gasteiger partial charge is 0.488 e. The zero-order chi connectivity index (χ0) is 10.9. The number of fused-ring (bicyclic) bond motifs is 1. The van der Waals surface area contributed by atoms with E-state index in [1.165, 1.54) is 5.39 Å². The minimum Gasteiger partial charge on any atom is -0.488 e. The molecule has 0 saturated heterocycles. The maximum atomic E-state index is 5.78. The van der Waals surface area contributed by atoms with E-state index in [1.807, 2.05) is 45.2 Å². The van der Waals surface area contributed by atoms with Gasteiger partial charge in [0, 0.05) is 17.8 Å². The van der Waals surface area contributed by atoms with Crippen LogP contribution in [-0.2, 0) is 0 Å². The molecule has 0 bridgehead atoms. The Labute approximate surface area is 89.9 Å². The predicted octanol–water partition coefficient (Wildman–Crippen LogP) is 3.41. The lowest BCUT2D eigenvalue weighted by Gasteiger charge is -2.21. The fourth-order valence-corrected chi connectivity index (χ4v) is 1.48. The molecule has 0 atom stereocenters. The summed E-state index contributed by atoms with van der Waals surface area (Å²) in [5.74, 6) is 0.892. The van der Waals surface area contributed by atoms with E-state index in [2.05, 4.69) is 11.1 Å². The number of rotatable bonds is 1. The van der Waals surface area contributed by atoms with Crippen molar-refractivity contribution in [3.63, 3.8) is 0 Å². The van der Waals surface area contributed by atoms with E-state index in [9.17, 15) is 0 Å². The molecule has 78 valence electrons. The zero-order valence-corrected chi connectivity index (χ0v) is 9.32. The third-order valence-electron chi connectivity index (χ3n) is 2.04. The number of pyridine rings is 1. The fourth-order valence-electron chi connectivity index (χ4n) is 1.48. The van der Waals surface area contributed by atoms with E-state index in [4.69, 9.17) is 4.74 Å². The van der Waals surface area contributed by atoms with Gasteiger partial charge in [0.1, 0.15) is 11.4 Å². The molecule has 15 heavy (non-hydrogen) atoms. The molecule has 0 aliphatic carbocycles. The molecule has 2 nitrogen and oxygen atoms in total. The van der Waals surface area contributed by atoms with Crippen LogP contribution in [0.5, 0.6) is 5.75 Å². The monoisotopic (exact) mass is 201 g/mol. The summed E-state index contributed by atoms with van der Waals surface area (Å²) in [6, 6.07) is 8.06. The van der Waals surface area contributed by atoms with E-state index >= 15 is 0 Å². The maximum absolute atomic E-state index is 5.78. The van der Waals surface area contributed by atoms with Crippen molar-refractivity contribution >= 4 is 10.8 Å². The number of ether oxygens (including phenoxy) is 1. The molecule has 1 aromatic carbocycles. The van der Waals surface area contributed by atoms with Crippen LogP contribution in [0.3, 0.4) is 0 Å². The lowest BCUT2D eigenvalue weighted by molar-refractivity contribution is 0.131. The third kappa shape index (κ3) is 2.46. The van der Waals surface area contributed by atoms with Gasteiger partial charge in [-0.2, -0.15) is 0 Å². The molecule has 1 aromatic heterocycles. The standard InChI is InChI=1S/C13H15NO/c1-13(2,3)15-12-5-4-10-6-7-14-9-11(10)8-12/h4-9H,1-3H3. The van der Waals surface area contributed by atoms with E-state index < -0.39 is 0 Å². The van der Waals surface area contributed by atoms with Crippen LogP contribution in [0.1, 0.15) is 20.8 Å². The van der Waals surface area contributed by atoms with Gasteiger partial charge in [-0.1, -0.05) is 6.07 Å². The second-order valence-electron chi connectivity index (χ2n) is 4.60. The summed E-state index contributed by atoms with van der Waals surface area (Å²) in [4.78, 5) is 4.09. The van der Waals surface area contributed by atoms with E-state index in [0.717, 1.165) is 11.1 Å². The smallest absolute Gasteiger partial charge is 0.120 e. The molecule has 0 amide bonds. The summed E-state index contributed by atoms with van der Waals surface area (Å²) >= 11 is 0. The summed E-state index contributed by atoms with van der Waals surface area (Å²) in [6.07, 6.45) is 3.65. The Morgan fingerprint density at radius 2 is 1.87 bits per heavy atom. The summed E-state index contributed by atoms with van der Waals surface area (Å²) in [5, 5.41) is 2.30. The average molecular weight is 201 g/mol. The van der Waals surface area contributed by atoms with Gasteiger partial charge in [-0.15, -0.1) is 0 Å². The number of aromatic nitrogens is 1. The SMILES string of the molecule is CC(C)(C)Oc1ccc2ccncc2c1. The second kappa shape index (κ2) is 3.54. The quantitative estimate of drug-likeness (QED) is 0.705. The Morgan fingerprint density at radius 3 is 2.60 bits per heavy atom. The molecule has 0 spiro atoms. The van der Waals surface area contributed by atoms with E-state index in [-0.39, 0.29) is 5.60 Å². The molecular weight excluding hydrogens is 186 g/mol. The number of hydrogen-bond donors (Lipinski definition) is 0. The molecule has 2 aromatic rings. The van der Waals surface area contributed by atoms with Crippen molar-refractivity contribution < 1.29 is 4.74 Å². The highest BCUT2D eigenvalue weighted by atomic mass is 16.5. The Hall–Kier alpha value is -1.57. The van der Waals surface area contributed by atoms with Crippen LogP contribution in [0.25, 0.3) is 10.8 Å². The first kappa shape index (κ1) is 9.97. The molecule has 0 aliphatic rings. The summed E-state index contributed by atoms with van der Waals surface area (Å²) < 4.78 is 5.78. The molecule has 0 N–H and O–H groups in total. The first-order chi connectivity index (χ1) is 7.04. The Kier molecular flexibility index (Phi) is 2.35. The summed E-state index contributed by atoms with van der Waals surface area (Å²) in [5.41, 5.74) is -0.157. The second-order valence-corrected chi connectivity index (χ2v) is 4.60. The van der Waals surface area contributed by atoms with Crippen LogP contribution in [0.2, 0.25) is 0 Å². The first-order valence-corrected chi connectivity index (χ1v) is 5.07. The van der Waals surface area contributed by atoms with Crippen molar-refractivity contribution in [2.75, 3.05) is 0 Å². The normalized spacial score (nSPS) is 11.7. The van der Waals surface area contributed by atoms with Crippen LogP contribution in [0.15, 0.2) is 36.7 Å². The molecule has 0 radical (unpaired) electrons. The molecule has 0 saturated carbocycles. The van der Waals surface area contributed by atoms with Crippen LogP contribution in [-0.4, -0.2) is 10.6 Å². The number of benzene rings is 1. The van der Waals surface area contributed by atoms with E-state index in [0.29, 0.717) is 0 Å². The Bertz CT molecular complexity index is 471. The molecule has 1 heterocycles. The highest BCUT2D eigenvalue weighted by Gasteiger charge is 2.11. The highest BCUT2D eigenvalue weighted by Crippen LogP contribution is 2.23. The van der Waals surface area contributed by atoms with Gasteiger partial charge in [-0.3, -0.25) is 4.98 Å². The molecule has 0 aliphatic heterocycles. The van der Waals surface area contributed by atoms with Crippen LogP contribution >= 0.6 is 0 Å². The van der Waals surface area contributed by atoms with Gasteiger partial charge in [0.2, 0.25) is 0 Å². The lowest BCUT2D eigenvalue weighted by atomic mass is 10.1. The van der Waals surface area contributed by atoms with Gasteiger partial charge in [0.05, 0.1) is 0 Å². The van der Waals surface area contributed by atoms with Crippen LogP contribution < -0.4 is 4.74 Å². The molecule has 2 rings (SSSR count). The van der Waals surface area contributed by atoms with Gasteiger partial charge < -0.3 is 4.74 Å². The van der Waals surface area contributed by atoms with Crippen LogP contribution in [0, 0.1) is 0 Å². The Morgan fingerprint density at radius 1 is 1.07 bits per heavy atom. The average Bonchev–Trinajstić information content (AvgIpc) is 2.15. The third-order valence-corrected chi connectivity index (χ3v) is 2.04. The first-order valence-electron chi connectivity index (χ1n) is 5.07. The summed E-state index contributed by atoms with van der Waals surface area (Å²) in [7, 11) is 0. The van der Waals surface area contributed by atoms with Crippen molar-refractivity contribution in [1.29, 1.82) is 0 Å². The molecule has 2 heteroatoms. The van der Waals surface area contributed by atoms with Crippen molar-refractivity contribution in [1.82, 2.24) is 4.98 Å². The van der Waals surface area contributed by atoms with Gasteiger partial charge in [-0.05, 0) is 44.4 Å². The maximum Gasteiger partial charge on any atom is 0.120 e. The number of hydrogen-bond acceptors (Lipinski definition) is 2. The lowest BCUT2D eigenvalue weighted by Crippen LogP contribution is -2.22. The van der Waals surface area contributed by atoms with Crippen molar-refractivity contribution in [2.24, 2.45) is 0 Å². The predicted molar refractivity (Wildman–Crippen MR) is 62.1 cm³/mol. The van der Waals surface area contributed by atoms with E-state index in [1.54, 1.807) is 6.20 Å². The van der Waals surface area contributed by atoms with Gasteiger partial charge >= 0.3 is 0 Å². The minimum atomic E-state index is -0.157. The van der Waals surface area contributed by atoms with Crippen molar-refractivity contribution in [3.8, 4) is 5.75 Å². The van der Waals surface area contributed by atoms with Gasteiger partial charge in [0.25, 0.3) is 0 Å². The molecule has 0 unspecified atom stereocenters. The van der Waals surface area contributed by atoms with Crippen molar-refractivity contribution in [3.05, 3.63) is 36.7 Å². The summed E-state index contributed by atoms with van der Waals surface area (Å²) in [6.45, 7) is 6.13.